The molecule has 0 radical (unpaired) electrons. The molecule has 1 atom stereocenters. The Hall–Kier alpha value is -1.95. The van der Waals surface area contributed by atoms with E-state index in [9.17, 15) is 10.1 Å². The van der Waals surface area contributed by atoms with Crippen LogP contribution in [0.2, 0.25) is 0 Å². The molecule has 1 aromatic rings. The van der Waals surface area contributed by atoms with Crippen LogP contribution in [-0.2, 0) is 5.79 Å². The summed E-state index contributed by atoms with van der Waals surface area (Å²) in [5, 5.41) is 13.6. The Morgan fingerprint density at radius 3 is 2.93 bits per heavy atom. The van der Waals surface area contributed by atoms with E-state index in [0.29, 0.717) is 11.3 Å². The van der Waals surface area contributed by atoms with E-state index < -0.39 is 10.7 Å². The number of nitrogens with zero attached hydrogens (tertiary/aromatic N) is 2. The third-order valence-electron chi connectivity index (χ3n) is 2.08. The van der Waals surface area contributed by atoms with Gasteiger partial charge in [0, 0.05) is 0 Å². The minimum absolute atomic E-state index is 0.368. The Labute approximate surface area is 79.6 Å². The molecule has 2 rings (SSSR count). The van der Waals surface area contributed by atoms with E-state index in [1.54, 1.807) is 24.3 Å². The van der Waals surface area contributed by atoms with Gasteiger partial charge in [0.25, 0.3) is 0 Å². The maximum atomic E-state index is 10.8. The number of nitrogens with two attached hydrogens (primary N) is 1. The number of rotatable bonds is 1. The zero-order valence-electron chi connectivity index (χ0n) is 7.18. The van der Waals surface area contributed by atoms with Crippen LogP contribution >= 0.6 is 0 Å². The molecule has 0 saturated heterocycles. The molecule has 0 fully saturated rings. The number of hydrogen-bond acceptors (Lipinski definition) is 5. The van der Waals surface area contributed by atoms with Crippen LogP contribution in [0.5, 0.6) is 0 Å². The van der Waals surface area contributed by atoms with Crippen LogP contribution in [0.3, 0.4) is 0 Å². The van der Waals surface area contributed by atoms with Gasteiger partial charge < -0.3 is 5.32 Å². The van der Waals surface area contributed by atoms with Gasteiger partial charge in [-0.25, -0.2) is 5.73 Å². The number of fused-ring (bicyclic) bond motifs is 1. The number of para-hydroxylation sites is 1. The third-order valence-corrected chi connectivity index (χ3v) is 2.08. The number of nitro groups is 1. The van der Waals surface area contributed by atoms with Gasteiger partial charge in [-0.2, -0.15) is 4.99 Å². The van der Waals surface area contributed by atoms with Crippen LogP contribution in [0.25, 0.3) is 0 Å². The summed E-state index contributed by atoms with van der Waals surface area (Å²) in [6.07, 6.45) is 1.24. The molecule has 1 heterocycles. The topological polar surface area (TPSA) is 93.5 Å². The first-order chi connectivity index (χ1) is 6.64. The predicted octanol–water partition coefficient (Wildman–Crippen LogP) is 0.486. The van der Waals surface area contributed by atoms with Crippen LogP contribution in [-0.4, -0.2) is 11.3 Å². The monoisotopic (exact) mass is 192 g/mol. The number of aliphatic imine (C=N–C) groups is 1. The molecule has 1 aromatic carbocycles. The number of nitrogens with one attached hydrogen (secondary N) is 1. The van der Waals surface area contributed by atoms with Crippen molar-refractivity contribution in [1.82, 2.24) is 0 Å². The van der Waals surface area contributed by atoms with Gasteiger partial charge in [-0.1, -0.05) is 12.1 Å². The number of benzene rings is 1. The van der Waals surface area contributed by atoms with Crippen LogP contribution in [0.4, 0.5) is 5.69 Å². The number of hydrogen-bond donors (Lipinski definition) is 2. The molecule has 3 N–H and O–H groups in total. The second-order valence-corrected chi connectivity index (χ2v) is 2.93. The standard InChI is InChI=1S/C8H8N4O2/c9-8(12(13)14)6-3-1-2-4-7(6)10-5-11-8/h1-5H,9H2,(H,10,11). The molecule has 0 spiro atoms. The van der Waals surface area contributed by atoms with Gasteiger partial charge in [-0.15, -0.1) is 0 Å². The van der Waals surface area contributed by atoms with E-state index in [1.807, 2.05) is 0 Å². The lowest BCUT2D eigenvalue weighted by molar-refractivity contribution is -0.576. The Kier molecular flexibility index (Phi) is 1.71. The maximum absolute atomic E-state index is 10.8. The SMILES string of the molecule is NC1([N+](=O)[O-])N=CNc2ccccc21. The molecule has 14 heavy (non-hydrogen) atoms. The minimum atomic E-state index is -1.86. The normalized spacial score (nSPS) is 23.8. The average Bonchev–Trinajstić information content (AvgIpc) is 2.18. The molecule has 72 valence electrons. The van der Waals surface area contributed by atoms with Crippen molar-refractivity contribution in [3.05, 3.63) is 39.9 Å². The van der Waals surface area contributed by atoms with E-state index >= 15 is 0 Å². The van der Waals surface area contributed by atoms with Gasteiger partial charge >= 0.3 is 5.79 Å². The molecule has 0 aromatic heterocycles. The zero-order chi connectivity index (χ0) is 10.2. The summed E-state index contributed by atoms with van der Waals surface area (Å²) in [4.78, 5) is 13.8. The second kappa shape index (κ2) is 2.78. The lowest BCUT2D eigenvalue weighted by atomic mass is 10.1. The molecular weight excluding hydrogens is 184 g/mol. The first-order valence-corrected chi connectivity index (χ1v) is 3.98. The average molecular weight is 192 g/mol. The molecule has 6 nitrogen and oxygen atoms in total. The summed E-state index contributed by atoms with van der Waals surface area (Å²) >= 11 is 0. The molecule has 0 aliphatic carbocycles. The van der Waals surface area contributed by atoms with Crippen molar-refractivity contribution >= 4 is 12.0 Å². The Bertz CT molecular complexity index is 418. The van der Waals surface area contributed by atoms with Crippen molar-refractivity contribution in [2.45, 2.75) is 5.79 Å². The van der Waals surface area contributed by atoms with Crippen molar-refractivity contribution in [2.24, 2.45) is 10.7 Å². The fourth-order valence-corrected chi connectivity index (χ4v) is 1.35. The van der Waals surface area contributed by atoms with Crippen molar-refractivity contribution in [2.75, 3.05) is 5.32 Å². The fraction of sp³-hybridized carbons (Fsp3) is 0.125. The highest BCUT2D eigenvalue weighted by Crippen LogP contribution is 2.29. The molecule has 0 amide bonds. The zero-order valence-corrected chi connectivity index (χ0v) is 7.18. The molecular formula is C8H8N4O2. The Morgan fingerprint density at radius 2 is 2.21 bits per heavy atom. The summed E-state index contributed by atoms with van der Waals surface area (Å²) in [6.45, 7) is 0. The molecule has 1 aliphatic rings. The first-order valence-electron chi connectivity index (χ1n) is 3.98. The Morgan fingerprint density at radius 1 is 1.50 bits per heavy atom. The third kappa shape index (κ3) is 1.05. The lowest BCUT2D eigenvalue weighted by Crippen LogP contribution is -2.45. The van der Waals surface area contributed by atoms with Crippen LogP contribution < -0.4 is 11.1 Å². The van der Waals surface area contributed by atoms with Gasteiger partial charge in [0.15, 0.2) is 0 Å². The van der Waals surface area contributed by atoms with Crippen LogP contribution in [0, 0.1) is 10.1 Å². The summed E-state index contributed by atoms with van der Waals surface area (Å²) in [5.41, 5.74) is 6.56. The Balaban J connectivity index is 2.61. The highest BCUT2D eigenvalue weighted by Gasteiger charge is 2.43. The molecule has 6 heteroatoms. The van der Waals surface area contributed by atoms with Crippen LogP contribution in [0.15, 0.2) is 29.3 Å². The van der Waals surface area contributed by atoms with E-state index in [1.165, 1.54) is 6.34 Å². The second-order valence-electron chi connectivity index (χ2n) is 2.93. The highest BCUT2D eigenvalue weighted by atomic mass is 16.6. The maximum Gasteiger partial charge on any atom is 0.399 e. The largest absolute Gasteiger partial charge is 0.399 e. The summed E-state index contributed by atoms with van der Waals surface area (Å²) in [6, 6.07) is 6.76. The van der Waals surface area contributed by atoms with Crippen molar-refractivity contribution in [3.8, 4) is 0 Å². The van der Waals surface area contributed by atoms with Crippen molar-refractivity contribution < 1.29 is 4.92 Å². The highest BCUT2D eigenvalue weighted by molar-refractivity contribution is 5.80. The van der Waals surface area contributed by atoms with Gasteiger partial charge in [0.1, 0.15) is 0 Å². The van der Waals surface area contributed by atoms with E-state index in [4.69, 9.17) is 5.73 Å². The fourth-order valence-electron chi connectivity index (χ4n) is 1.35. The lowest BCUT2D eigenvalue weighted by Gasteiger charge is -2.22. The molecule has 0 saturated carbocycles. The molecule has 1 aliphatic heterocycles. The van der Waals surface area contributed by atoms with Crippen LogP contribution in [0.1, 0.15) is 5.56 Å². The van der Waals surface area contributed by atoms with E-state index in [-0.39, 0.29) is 0 Å². The van der Waals surface area contributed by atoms with Gasteiger partial charge in [0.2, 0.25) is 0 Å². The summed E-state index contributed by atoms with van der Waals surface area (Å²) in [5.74, 6) is -1.86. The summed E-state index contributed by atoms with van der Waals surface area (Å²) < 4.78 is 0. The van der Waals surface area contributed by atoms with Crippen molar-refractivity contribution in [1.29, 1.82) is 0 Å². The first kappa shape index (κ1) is 8.64. The summed E-state index contributed by atoms with van der Waals surface area (Å²) in [7, 11) is 0. The predicted molar refractivity (Wildman–Crippen MR) is 51.4 cm³/mol. The minimum Gasteiger partial charge on any atom is -0.346 e. The van der Waals surface area contributed by atoms with Crippen molar-refractivity contribution in [3.63, 3.8) is 0 Å². The van der Waals surface area contributed by atoms with Gasteiger partial charge in [0.05, 0.1) is 22.5 Å². The van der Waals surface area contributed by atoms with Gasteiger partial charge in [-0.05, 0) is 12.1 Å². The van der Waals surface area contributed by atoms with E-state index in [2.05, 4.69) is 10.3 Å². The number of anilines is 1. The quantitative estimate of drug-likeness (QED) is 0.384. The smallest absolute Gasteiger partial charge is 0.346 e. The van der Waals surface area contributed by atoms with E-state index in [0.717, 1.165) is 0 Å². The molecule has 0 bridgehead atoms. The molecule has 1 unspecified atom stereocenters. The van der Waals surface area contributed by atoms with Gasteiger partial charge in [-0.3, -0.25) is 10.1 Å².